The Balaban J connectivity index is 1.89. The Morgan fingerprint density at radius 2 is 2.09 bits per heavy atom. The second-order valence-corrected chi connectivity index (χ2v) is 7.44. The van der Waals surface area contributed by atoms with Gasteiger partial charge in [0.2, 0.25) is 0 Å². The number of hydrogen-bond acceptors (Lipinski definition) is 6. The van der Waals surface area contributed by atoms with Crippen molar-refractivity contribution in [2.45, 2.75) is 5.16 Å². The number of thioether (sulfide) groups is 1. The topological polar surface area (TPSA) is 89.8 Å². The lowest BCUT2D eigenvalue weighted by Crippen LogP contribution is -2.36. The van der Waals surface area contributed by atoms with Crippen LogP contribution in [-0.2, 0) is 14.1 Å². The van der Waals surface area contributed by atoms with Crippen LogP contribution in [-0.4, -0.2) is 30.6 Å². The summed E-state index contributed by atoms with van der Waals surface area (Å²) in [7, 11) is 2.94. The quantitative estimate of drug-likeness (QED) is 0.557. The number of aryl methyl sites for hydroxylation is 1. The molecule has 0 bridgehead atoms. The number of nitrogens with one attached hydrogen (secondary N) is 1. The zero-order chi connectivity index (χ0) is 16.7. The zero-order valence-electron chi connectivity index (χ0n) is 12.1. The van der Waals surface area contributed by atoms with Gasteiger partial charge < -0.3 is 4.98 Å². The van der Waals surface area contributed by atoms with Crippen molar-refractivity contribution in [2.75, 3.05) is 5.75 Å². The average molecular weight is 371 g/mol. The zero-order valence-corrected chi connectivity index (χ0v) is 14.5. The fraction of sp³-hybridized carbons (Fsp3) is 0.231. The van der Waals surface area contributed by atoms with E-state index in [0.717, 1.165) is 4.57 Å². The number of thiophene rings is 1. The van der Waals surface area contributed by atoms with Gasteiger partial charge in [0.25, 0.3) is 5.56 Å². The van der Waals surface area contributed by atoms with Gasteiger partial charge in [0, 0.05) is 14.1 Å². The third-order valence-corrected chi connectivity index (χ3v) is 5.41. The molecule has 23 heavy (non-hydrogen) atoms. The highest BCUT2D eigenvalue weighted by Crippen LogP contribution is 2.24. The first-order valence-corrected chi connectivity index (χ1v) is 8.63. The molecule has 1 N–H and O–H groups in total. The van der Waals surface area contributed by atoms with Crippen LogP contribution in [0.5, 0.6) is 0 Å². The SMILES string of the molecule is Cn1c(=O)c2[nH]c(SCC(=O)c3ccc(Cl)s3)nc2n(C)c1=O. The van der Waals surface area contributed by atoms with Crippen LogP contribution < -0.4 is 11.2 Å². The van der Waals surface area contributed by atoms with Crippen molar-refractivity contribution in [1.29, 1.82) is 0 Å². The van der Waals surface area contributed by atoms with Crippen molar-refractivity contribution < 1.29 is 4.79 Å². The first kappa shape index (κ1) is 16.0. The van der Waals surface area contributed by atoms with Crippen LogP contribution >= 0.6 is 34.7 Å². The number of imidazole rings is 1. The standard InChI is InChI=1S/C13H11ClN4O3S2/c1-17-10-9(11(20)18(2)13(17)21)15-12(16-10)22-5-6(19)7-3-4-8(14)23-7/h3-4H,5H2,1-2H3,(H,15,16). The molecule has 0 aliphatic carbocycles. The molecule has 7 nitrogen and oxygen atoms in total. The highest BCUT2D eigenvalue weighted by atomic mass is 35.5. The van der Waals surface area contributed by atoms with Gasteiger partial charge in [-0.05, 0) is 12.1 Å². The molecule has 3 aromatic heterocycles. The Kier molecular flexibility index (Phi) is 4.17. The number of Topliss-reactive ketones (excluding diaryl/α,β-unsaturated/α-hetero) is 1. The maximum absolute atomic E-state index is 12.1. The number of H-pyrrole nitrogens is 1. The molecule has 0 aromatic carbocycles. The van der Waals surface area contributed by atoms with Crippen LogP contribution in [0.2, 0.25) is 4.34 Å². The van der Waals surface area contributed by atoms with Gasteiger partial charge in [0.15, 0.2) is 22.1 Å². The molecule has 0 aliphatic heterocycles. The summed E-state index contributed by atoms with van der Waals surface area (Å²) in [5.41, 5.74) is -0.385. The summed E-state index contributed by atoms with van der Waals surface area (Å²) < 4.78 is 2.85. The number of nitrogens with zero attached hydrogens (tertiary/aromatic N) is 3. The van der Waals surface area contributed by atoms with Gasteiger partial charge in [-0.1, -0.05) is 23.4 Å². The predicted molar refractivity (Wildman–Crippen MR) is 91.0 cm³/mol. The van der Waals surface area contributed by atoms with E-state index >= 15 is 0 Å². The van der Waals surface area contributed by atoms with Crippen LogP contribution in [0, 0.1) is 0 Å². The summed E-state index contributed by atoms with van der Waals surface area (Å²) in [4.78, 5) is 43.7. The molecule has 0 radical (unpaired) electrons. The molecule has 0 saturated carbocycles. The molecule has 3 rings (SSSR count). The van der Waals surface area contributed by atoms with E-state index in [1.54, 1.807) is 12.1 Å². The number of rotatable bonds is 4. The number of aromatic nitrogens is 4. The normalized spacial score (nSPS) is 11.3. The number of hydrogen-bond donors (Lipinski definition) is 1. The second-order valence-electron chi connectivity index (χ2n) is 4.76. The first-order chi connectivity index (χ1) is 10.9. The van der Waals surface area contributed by atoms with Crippen molar-refractivity contribution in [1.82, 2.24) is 19.1 Å². The van der Waals surface area contributed by atoms with Gasteiger partial charge >= 0.3 is 5.69 Å². The average Bonchev–Trinajstić information content (AvgIpc) is 3.15. The summed E-state index contributed by atoms with van der Waals surface area (Å²) in [5, 5.41) is 0.411. The van der Waals surface area contributed by atoms with E-state index in [4.69, 9.17) is 11.6 Å². The molecule has 120 valence electrons. The van der Waals surface area contributed by atoms with Crippen molar-refractivity contribution in [3.05, 3.63) is 42.2 Å². The minimum absolute atomic E-state index is 0.0749. The molecule has 0 saturated heterocycles. The second kappa shape index (κ2) is 5.99. The minimum atomic E-state index is -0.449. The maximum atomic E-state index is 12.1. The Morgan fingerprint density at radius 3 is 2.74 bits per heavy atom. The molecular weight excluding hydrogens is 360 g/mol. The van der Waals surface area contributed by atoms with E-state index < -0.39 is 11.2 Å². The summed E-state index contributed by atoms with van der Waals surface area (Å²) >= 11 is 8.20. The third kappa shape index (κ3) is 2.87. The summed E-state index contributed by atoms with van der Waals surface area (Å²) in [6, 6.07) is 3.35. The van der Waals surface area contributed by atoms with Crippen molar-refractivity contribution in [3.8, 4) is 0 Å². The van der Waals surface area contributed by atoms with Crippen molar-refractivity contribution >= 4 is 51.6 Å². The molecule has 3 aromatic rings. The lowest BCUT2D eigenvalue weighted by atomic mass is 10.4. The van der Waals surface area contributed by atoms with Crippen molar-refractivity contribution in [3.63, 3.8) is 0 Å². The minimum Gasteiger partial charge on any atom is -0.327 e. The first-order valence-electron chi connectivity index (χ1n) is 6.45. The Morgan fingerprint density at radius 1 is 1.35 bits per heavy atom. The smallest absolute Gasteiger partial charge is 0.327 e. The van der Waals surface area contributed by atoms with E-state index in [1.165, 1.54) is 41.8 Å². The lowest BCUT2D eigenvalue weighted by molar-refractivity contribution is 0.102. The maximum Gasteiger partial charge on any atom is 0.332 e. The van der Waals surface area contributed by atoms with Gasteiger partial charge in [0.1, 0.15) is 0 Å². The van der Waals surface area contributed by atoms with E-state index in [2.05, 4.69) is 9.97 Å². The molecule has 3 heterocycles. The number of halogens is 1. The number of carbonyl (C=O) groups is 1. The highest BCUT2D eigenvalue weighted by molar-refractivity contribution is 7.99. The largest absolute Gasteiger partial charge is 0.332 e. The van der Waals surface area contributed by atoms with Gasteiger partial charge in [0.05, 0.1) is 15.0 Å². The van der Waals surface area contributed by atoms with Crippen LogP contribution in [0.15, 0.2) is 26.9 Å². The Labute approximate surface area is 142 Å². The van der Waals surface area contributed by atoms with Gasteiger partial charge in [-0.2, -0.15) is 0 Å². The van der Waals surface area contributed by atoms with E-state index in [0.29, 0.717) is 14.4 Å². The molecule has 0 spiro atoms. The molecular formula is C13H11ClN4O3S2. The number of carbonyl (C=O) groups excluding carboxylic acids is 1. The number of fused-ring (bicyclic) bond motifs is 1. The summed E-state index contributed by atoms with van der Waals surface area (Å²) in [5.74, 6) is 0.0828. The summed E-state index contributed by atoms with van der Waals surface area (Å²) in [6.45, 7) is 0. The van der Waals surface area contributed by atoms with Crippen LogP contribution in [0.3, 0.4) is 0 Å². The molecule has 10 heteroatoms. The van der Waals surface area contributed by atoms with Gasteiger partial charge in [-0.15, -0.1) is 11.3 Å². The van der Waals surface area contributed by atoms with E-state index in [9.17, 15) is 14.4 Å². The number of aromatic amines is 1. The lowest BCUT2D eigenvalue weighted by Gasteiger charge is -2.00. The summed E-state index contributed by atoms with van der Waals surface area (Å²) in [6.07, 6.45) is 0. The molecule has 0 atom stereocenters. The molecule has 0 amide bonds. The fourth-order valence-corrected chi connectivity index (χ4v) is 3.86. The van der Waals surface area contributed by atoms with Crippen molar-refractivity contribution in [2.24, 2.45) is 14.1 Å². The van der Waals surface area contributed by atoms with Crippen LogP contribution in [0.25, 0.3) is 11.2 Å². The number of ketones is 1. The Hall–Kier alpha value is -1.84. The highest BCUT2D eigenvalue weighted by Gasteiger charge is 2.15. The molecule has 0 unspecified atom stereocenters. The van der Waals surface area contributed by atoms with Gasteiger partial charge in [-0.25, -0.2) is 9.78 Å². The van der Waals surface area contributed by atoms with E-state index in [-0.39, 0.29) is 22.7 Å². The monoisotopic (exact) mass is 370 g/mol. The third-order valence-electron chi connectivity index (χ3n) is 3.26. The van der Waals surface area contributed by atoms with Gasteiger partial charge in [-0.3, -0.25) is 18.7 Å². The van der Waals surface area contributed by atoms with E-state index in [1.807, 2.05) is 0 Å². The molecule has 0 aliphatic rings. The fourth-order valence-electron chi connectivity index (χ4n) is 2.04. The predicted octanol–water partition coefficient (Wildman–Crippen LogP) is 1.65. The van der Waals surface area contributed by atoms with Crippen LogP contribution in [0.4, 0.5) is 0 Å². The van der Waals surface area contributed by atoms with Crippen LogP contribution in [0.1, 0.15) is 9.67 Å². The Bertz CT molecular complexity index is 1030. The molecule has 0 fully saturated rings.